The van der Waals surface area contributed by atoms with Crippen LogP contribution in [0, 0.1) is 12.8 Å². The lowest BCUT2D eigenvalue weighted by Gasteiger charge is -2.22. The molecule has 0 radical (unpaired) electrons. The van der Waals surface area contributed by atoms with E-state index in [0.29, 0.717) is 0 Å². The standard InChI is InChI=1S/C13H20N2O/c1-11-8-14-5-2-13(11)10-15-9-12-3-6-16-7-4-12/h2,5,8,12,15H,3-4,6-7,9-10H2,1H3. The molecule has 0 saturated carbocycles. The fraction of sp³-hybridized carbons (Fsp3) is 0.615. The van der Waals surface area contributed by atoms with Crippen molar-refractivity contribution in [3.63, 3.8) is 0 Å². The van der Waals surface area contributed by atoms with E-state index in [1.807, 2.05) is 12.4 Å². The molecule has 1 aromatic heterocycles. The van der Waals surface area contributed by atoms with Crippen molar-refractivity contribution in [3.05, 3.63) is 29.6 Å². The third kappa shape index (κ3) is 3.29. The molecule has 0 bridgehead atoms. The molecule has 1 aliphatic heterocycles. The SMILES string of the molecule is Cc1cnccc1CNCC1CCOCC1. The molecule has 0 amide bonds. The van der Waals surface area contributed by atoms with Gasteiger partial charge in [-0.2, -0.15) is 0 Å². The van der Waals surface area contributed by atoms with Gasteiger partial charge < -0.3 is 10.1 Å². The van der Waals surface area contributed by atoms with Crippen LogP contribution in [0.5, 0.6) is 0 Å². The Morgan fingerprint density at radius 2 is 2.25 bits per heavy atom. The number of pyridine rings is 1. The second-order valence-electron chi connectivity index (χ2n) is 4.49. The predicted molar refractivity (Wildman–Crippen MR) is 64.2 cm³/mol. The average molecular weight is 220 g/mol. The summed E-state index contributed by atoms with van der Waals surface area (Å²) in [6.45, 7) is 6.02. The summed E-state index contributed by atoms with van der Waals surface area (Å²) in [5.41, 5.74) is 2.61. The zero-order chi connectivity index (χ0) is 11.2. The number of hydrogen-bond donors (Lipinski definition) is 1. The van der Waals surface area contributed by atoms with Crippen molar-refractivity contribution in [1.82, 2.24) is 10.3 Å². The van der Waals surface area contributed by atoms with Crippen LogP contribution >= 0.6 is 0 Å². The van der Waals surface area contributed by atoms with Crippen LogP contribution in [0.25, 0.3) is 0 Å². The lowest BCUT2D eigenvalue weighted by atomic mass is 10.0. The third-order valence-corrected chi connectivity index (χ3v) is 3.23. The Morgan fingerprint density at radius 1 is 1.44 bits per heavy atom. The van der Waals surface area contributed by atoms with Gasteiger partial charge in [-0.3, -0.25) is 4.98 Å². The summed E-state index contributed by atoms with van der Waals surface area (Å²) in [5.74, 6) is 0.788. The maximum atomic E-state index is 5.35. The van der Waals surface area contributed by atoms with Crippen LogP contribution in [-0.2, 0) is 11.3 Å². The highest BCUT2D eigenvalue weighted by Gasteiger charge is 2.12. The smallest absolute Gasteiger partial charge is 0.0469 e. The lowest BCUT2D eigenvalue weighted by molar-refractivity contribution is 0.0662. The van der Waals surface area contributed by atoms with Crippen molar-refractivity contribution in [3.8, 4) is 0 Å². The van der Waals surface area contributed by atoms with Gasteiger partial charge >= 0.3 is 0 Å². The number of aryl methyl sites for hydroxylation is 1. The first-order valence-corrected chi connectivity index (χ1v) is 6.04. The van der Waals surface area contributed by atoms with Crippen LogP contribution in [0.1, 0.15) is 24.0 Å². The fourth-order valence-corrected chi connectivity index (χ4v) is 2.06. The molecule has 0 aromatic carbocycles. The maximum absolute atomic E-state index is 5.35. The first kappa shape index (κ1) is 11.6. The van der Waals surface area contributed by atoms with Crippen LogP contribution in [-0.4, -0.2) is 24.7 Å². The van der Waals surface area contributed by atoms with Crippen molar-refractivity contribution in [2.24, 2.45) is 5.92 Å². The monoisotopic (exact) mass is 220 g/mol. The highest BCUT2D eigenvalue weighted by molar-refractivity contribution is 5.21. The summed E-state index contributed by atoms with van der Waals surface area (Å²) in [6, 6.07) is 2.09. The molecule has 1 fully saturated rings. The molecule has 1 aromatic rings. The second-order valence-corrected chi connectivity index (χ2v) is 4.49. The van der Waals surface area contributed by atoms with Gasteiger partial charge in [0.05, 0.1) is 0 Å². The number of hydrogen-bond acceptors (Lipinski definition) is 3. The van der Waals surface area contributed by atoms with Crippen molar-refractivity contribution < 1.29 is 4.74 Å². The number of rotatable bonds is 4. The first-order chi connectivity index (χ1) is 7.86. The molecule has 1 N–H and O–H groups in total. The zero-order valence-electron chi connectivity index (χ0n) is 9.91. The van der Waals surface area contributed by atoms with E-state index in [2.05, 4.69) is 23.3 Å². The molecule has 1 aliphatic rings. The molecule has 1 saturated heterocycles. The third-order valence-electron chi connectivity index (χ3n) is 3.23. The molecule has 0 unspecified atom stereocenters. The van der Waals surface area contributed by atoms with Gasteiger partial charge in [0.25, 0.3) is 0 Å². The summed E-state index contributed by atoms with van der Waals surface area (Å²) in [7, 11) is 0. The first-order valence-electron chi connectivity index (χ1n) is 6.04. The minimum Gasteiger partial charge on any atom is -0.381 e. The van der Waals surface area contributed by atoms with Crippen LogP contribution < -0.4 is 5.32 Å². The van der Waals surface area contributed by atoms with Gasteiger partial charge in [-0.1, -0.05) is 0 Å². The largest absolute Gasteiger partial charge is 0.381 e. The normalized spacial score (nSPS) is 17.6. The number of nitrogens with one attached hydrogen (secondary N) is 1. The van der Waals surface area contributed by atoms with E-state index in [1.165, 1.54) is 24.0 Å². The molecule has 2 heterocycles. The van der Waals surface area contributed by atoms with Gasteiger partial charge in [0.1, 0.15) is 0 Å². The predicted octanol–water partition coefficient (Wildman–Crippen LogP) is 1.91. The summed E-state index contributed by atoms with van der Waals surface area (Å²) >= 11 is 0. The molecular weight excluding hydrogens is 200 g/mol. The highest BCUT2D eigenvalue weighted by atomic mass is 16.5. The maximum Gasteiger partial charge on any atom is 0.0469 e. The van der Waals surface area contributed by atoms with E-state index in [0.717, 1.165) is 32.2 Å². The number of nitrogens with zero attached hydrogens (tertiary/aromatic N) is 1. The van der Waals surface area contributed by atoms with Crippen LogP contribution in [0.4, 0.5) is 0 Å². The van der Waals surface area contributed by atoms with E-state index in [9.17, 15) is 0 Å². The Labute approximate surface area is 97.2 Å². The molecule has 3 heteroatoms. The minimum atomic E-state index is 0.788. The van der Waals surface area contributed by atoms with Gasteiger partial charge in [-0.25, -0.2) is 0 Å². The highest BCUT2D eigenvalue weighted by Crippen LogP contribution is 2.13. The summed E-state index contributed by atoms with van der Waals surface area (Å²) < 4.78 is 5.35. The van der Waals surface area contributed by atoms with Crippen LogP contribution in [0.3, 0.4) is 0 Å². The Balaban J connectivity index is 1.73. The van der Waals surface area contributed by atoms with Crippen molar-refractivity contribution >= 4 is 0 Å². The van der Waals surface area contributed by atoms with Gasteiger partial charge in [-0.15, -0.1) is 0 Å². The molecule has 16 heavy (non-hydrogen) atoms. The molecule has 0 atom stereocenters. The molecule has 3 nitrogen and oxygen atoms in total. The van der Waals surface area contributed by atoms with Crippen LogP contribution in [0.2, 0.25) is 0 Å². The Hall–Kier alpha value is -0.930. The van der Waals surface area contributed by atoms with Crippen LogP contribution in [0.15, 0.2) is 18.5 Å². The summed E-state index contributed by atoms with van der Waals surface area (Å²) in [4.78, 5) is 4.10. The van der Waals surface area contributed by atoms with Gasteiger partial charge in [0, 0.05) is 32.2 Å². The number of aromatic nitrogens is 1. The van der Waals surface area contributed by atoms with Crippen molar-refractivity contribution in [2.75, 3.05) is 19.8 Å². The quantitative estimate of drug-likeness (QED) is 0.841. The topological polar surface area (TPSA) is 34.2 Å². The Morgan fingerprint density at radius 3 is 3.00 bits per heavy atom. The molecule has 2 rings (SSSR count). The van der Waals surface area contributed by atoms with E-state index in [1.54, 1.807) is 0 Å². The van der Waals surface area contributed by atoms with Gasteiger partial charge in [-0.05, 0) is 49.4 Å². The summed E-state index contributed by atoms with van der Waals surface area (Å²) in [6.07, 6.45) is 6.18. The molecule has 0 spiro atoms. The molecule has 0 aliphatic carbocycles. The van der Waals surface area contributed by atoms with Gasteiger partial charge in [0.15, 0.2) is 0 Å². The van der Waals surface area contributed by atoms with Gasteiger partial charge in [0.2, 0.25) is 0 Å². The lowest BCUT2D eigenvalue weighted by Crippen LogP contribution is -2.27. The van der Waals surface area contributed by atoms with Crippen molar-refractivity contribution in [1.29, 1.82) is 0 Å². The Bertz CT molecular complexity index is 321. The van der Waals surface area contributed by atoms with E-state index in [4.69, 9.17) is 4.74 Å². The van der Waals surface area contributed by atoms with E-state index >= 15 is 0 Å². The van der Waals surface area contributed by atoms with Crippen molar-refractivity contribution in [2.45, 2.75) is 26.3 Å². The second kappa shape index (κ2) is 5.97. The Kier molecular flexibility index (Phi) is 4.31. The zero-order valence-corrected chi connectivity index (χ0v) is 9.91. The minimum absolute atomic E-state index is 0.788. The van der Waals surface area contributed by atoms with E-state index < -0.39 is 0 Å². The molecular formula is C13H20N2O. The summed E-state index contributed by atoms with van der Waals surface area (Å²) in [5, 5.41) is 3.53. The average Bonchev–Trinajstić information content (AvgIpc) is 2.33. The fourth-order valence-electron chi connectivity index (χ4n) is 2.06. The van der Waals surface area contributed by atoms with E-state index in [-0.39, 0.29) is 0 Å². The number of ether oxygens (including phenoxy) is 1. The molecule has 88 valence electrons.